The van der Waals surface area contributed by atoms with E-state index in [4.69, 9.17) is 14.5 Å². The Labute approximate surface area is 195 Å². The van der Waals surface area contributed by atoms with Gasteiger partial charge < -0.3 is 9.47 Å². The molecule has 0 saturated carbocycles. The third kappa shape index (κ3) is 5.82. The Balaban J connectivity index is 1.87. The molecule has 8 heteroatoms. The lowest BCUT2D eigenvalue weighted by Gasteiger charge is -2.20. The topological polar surface area (TPSA) is 82.8 Å². The minimum Gasteiger partial charge on any atom is -0.482 e. The molecule has 0 radical (unpaired) electrons. The third-order valence-corrected chi connectivity index (χ3v) is 4.90. The summed E-state index contributed by atoms with van der Waals surface area (Å²) in [4.78, 5) is 29.5. The summed E-state index contributed by atoms with van der Waals surface area (Å²) in [6.45, 7) is 9.37. The van der Waals surface area contributed by atoms with Crippen LogP contribution in [0.4, 0.5) is 0 Å². The molecule has 3 rings (SSSR count). The summed E-state index contributed by atoms with van der Waals surface area (Å²) >= 11 is 3.41. The smallest absolute Gasteiger partial charge is 0.344 e. The summed E-state index contributed by atoms with van der Waals surface area (Å²) in [6.07, 6.45) is 1.41. The van der Waals surface area contributed by atoms with E-state index < -0.39 is 5.97 Å². The number of carbonyl (C=O) groups is 1. The van der Waals surface area contributed by atoms with E-state index in [2.05, 4.69) is 21.0 Å². The molecule has 0 saturated heterocycles. The molecule has 0 aliphatic heterocycles. The second-order valence-corrected chi connectivity index (χ2v) is 9.52. The van der Waals surface area contributed by atoms with Crippen LogP contribution < -0.4 is 10.3 Å². The largest absolute Gasteiger partial charge is 0.482 e. The zero-order valence-corrected chi connectivity index (χ0v) is 20.3. The number of aromatic nitrogens is 2. The third-order valence-electron chi connectivity index (χ3n) is 4.41. The zero-order chi connectivity index (χ0) is 23.5. The van der Waals surface area contributed by atoms with Gasteiger partial charge in [-0.25, -0.2) is 9.78 Å². The normalized spacial score (nSPS) is 12.0. The van der Waals surface area contributed by atoms with Crippen molar-refractivity contribution in [2.75, 3.05) is 6.61 Å². The first-order valence-corrected chi connectivity index (χ1v) is 11.0. The van der Waals surface area contributed by atoms with E-state index in [1.54, 1.807) is 50.4 Å². The highest BCUT2D eigenvalue weighted by molar-refractivity contribution is 9.10. The summed E-state index contributed by atoms with van der Waals surface area (Å²) in [5.74, 6) is 0.681. The van der Waals surface area contributed by atoms with Gasteiger partial charge in [-0.3, -0.25) is 4.79 Å². The lowest BCUT2D eigenvalue weighted by atomic mass is 9.95. The van der Waals surface area contributed by atoms with Crippen LogP contribution in [0.3, 0.4) is 0 Å². The van der Waals surface area contributed by atoms with Gasteiger partial charge >= 0.3 is 5.97 Å². The van der Waals surface area contributed by atoms with Crippen molar-refractivity contribution in [3.63, 3.8) is 0 Å². The molecule has 0 fully saturated rings. The van der Waals surface area contributed by atoms with Gasteiger partial charge in [0.05, 0.1) is 23.2 Å². The summed E-state index contributed by atoms with van der Waals surface area (Å²) in [5.41, 5.74) is 0.774. The highest BCUT2D eigenvalue weighted by Gasteiger charge is 2.22. The van der Waals surface area contributed by atoms with Gasteiger partial charge in [0.25, 0.3) is 5.56 Å². The first-order valence-electron chi connectivity index (χ1n) is 10.2. The summed E-state index contributed by atoms with van der Waals surface area (Å²) in [7, 11) is 0. The minimum absolute atomic E-state index is 0.158. The number of hydrogen-bond donors (Lipinski definition) is 0. The van der Waals surface area contributed by atoms with E-state index in [-0.39, 0.29) is 23.7 Å². The van der Waals surface area contributed by atoms with E-state index in [1.807, 2.05) is 32.9 Å². The van der Waals surface area contributed by atoms with E-state index in [1.165, 1.54) is 4.68 Å². The molecular weight excluding hydrogens is 474 g/mol. The zero-order valence-electron chi connectivity index (χ0n) is 18.8. The Morgan fingerprint density at radius 1 is 1.19 bits per heavy atom. The van der Waals surface area contributed by atoms with Crippen LogP contribution in [0.25, 0.3) is 10.9 Å². The number of halogens is 1. The molecule has 1 heterocycles. The van der Waals surface area contributed by atoms with Gasteiger partial charge in [-0.15, -0.1) is 0 Å². The quantitative estimate of drug-likeness (QED) is 0.363. The van der Waals surface area contributed by atoms with Crippen LogP contribution in [0.5, 0.6) is 5.75 Å². The molecule has 32 heavy (non-hydrogen) atoms. The predicted octanol–water partition coefficient (Wildman–Crippen LogP) is 4.67. The van der Waals surface area contributed by atoms with Crippen LogP contribution in [0, 0.1) is 0 Å². The number of fused-ring (bicyclic) bond motifs is 1. The highest BCUT2D eigenvalue weighted by Crippen LogP contribution is 2.23. The van der Waals surface area contributed by atoms with Crippen molar-refractivity contribution in [2.24, 2.45) is 5.10 Å². The van der Waals surface area contributed by atoms with Crippen LogP contribution in [0.15, 0.2) is 56.8 Å². The van der Waals surface area contributed by atoms with E-state index in [0.29, 0.717) is 22.5 Å². The van der Waals surface area contributed by atoms with Crippen molar-refractivity contribution in [1.29, 1.82) is 0 Å². The maximum atomic E-state index is 13.2. The van der Waals surface area contributed by atoms with Gasteiger partial charge in [0.1, 0.15) is 11.6 Å². The average Bonchev–Trinajstić information content (AvgIpc) is 2.71. The second kappa shape index (κ2) is 9.65. The van der Waals surface area contributed by atoms with Gasteiger partial charge in [0.15, 0.2) is 6.61 Å². The molecule has 0 N–H and O–H groups in total. The Kier molecular flexibility index (Phi) is 7.13. The summed E-state index contributed by atoms with van der Waals surface area (Å²) in [6, 6.07) is 12.5. The first-order chi connectivity index (χ1) is 15.0. The van der Waals surface area contributed by atoms with Crippen molar-refractivity contribution in [3.8, 4) is 5.75 Å². The van der Waals surface area contributed by atoms with Crippen molar-refractivity contribution >= 4 is 39.0 Å². The average molecular weight is 500 g/mol. The maximum absolute atomic E-state index is 13.2. The van der Waals surface area contributed by atoms with E-state index >= 15 is 0 Å². The van der Waals surface area contributed by atoms with Crippen molar-refractivity contribution in [1.82, 2.24) is 9.66 Å². The molecule has 0 atom stereocenters. The molecule has 3 aromatic rings. The second-order valence-electron chi connectivity index (χ2n) is 8.60. The number of esters is 1. The van der Waals surface area contributed by atoms with E-state index in [0.717, 1.165) is 10.0 Å². The number of rotatable bonds is 6. The highest BCUT2D eigenvalue weighted by atomic mass is 79.9. The van der Waals surface area contributed by atoms with Gasteiger partial charge in [0.2, 0.25) is 0 Å². The minimum atomic E-state index is -0.421. The van der Waals surface area contributed by atoms with Crippen LogP contribution >= 0.6 is 15.9 Å². The fraction of sp³-hybridized carbons (Fsp3) is 0.333. The Morgan fingerprint density at radius 2 is 1.88 bits per heavy atom. The number of nitrogens with zero attached hydrogens (tertiary/aromatic N) is 3. The van der Waals surface area contributed by atoms with Gasteiger partial charge in [-0.2, -0.15) is 9.78 Å². The molecule has 0 aliphatic rings. The van der Waals surface area contributed by atoms with Crippen molar-refractivity contribution in [2.45, 2.75) is 46.1 Å². The SMILES string of the molecule is CC(C)OC(=O)COc1ccc(C=Nn2c(C(C)(C)C)nc3ccc(Br)cc3c2=O)cc1. The standard InChI is InChI=1S/C24H26BrN3O4/c1-15(2)32-21(29)14-31-18-9-6-16(7-10-18)13-26-28-22(30)19-12-17(25)8-11-20(19)27-23(28)24(3,4)5/h6-13,15H,14H2,1-5H3. The van der Waals surface area contributed by atoms with Gasteiger partial charge in [0, 0.05) is 9.89 Å². The van der Waals surface area contributed by atoms with Crippen LogP contribution in [0.1, 0.15) is 46.0 Å². The van der Waals surface area contributed by atoms with E-state index in [9.17, 15) is 9.59 Å². The number of ether oxygens (including phenoxy) is 2. The maximum Gasteiger partial charge on any atom is 0.344 e. The Bertz CT molecular complexity index is 1210. The molecule has 7 nitrogen and oxygen atoms in total. The molecule has 168 valence electrons. The number of carbonyl (C=O) groups excluding carboxylic acids is 1. The molecule has 0 unspecified atom stereocenters. The monoisotopic (exact) mass is 499 g/mol. The molecule has 0 aliphatic carbocycles. The lowest BCUT2D eigenvalue weighted by molar-refractivity contribution is -0.149. The van der Waals surface area contributed by atoms with Crippen LogP contribution in [-0.2, 0) is 14.9 Å². The molecule has 1 aromatic heterocycles. The fourth-order valence-corrected chi connectivity index (χ4v) is 3.32. The molecule has 2 aromatic carbocycles. The molecule has 0 amide bonds. The number of hydrogen-bond acceptors (Lipinski definition) is 6. The molecular formula is C24H26BrN3O4. The summed E-state index contributed by atoms with van der Waals surface area (Å²) in [5, 5.41) is 4.93. The van der Waals surface area contributed by atoms with Crippen molar-refractivity contribution in [3.05, 3.63) is 68.7 Å². The van der Waals surface area contributed by atoms with Crippen molar-refractivity contribution < 1.29 is 14.3 Å². The molecule has 0 spiro atoms. The van der Waals surface area contributed by atoms with Gasteiger partial charge in [-0.1, -0.05) is 36.7 Å². The predicted molar refractivity (Wildman–Crippen MR) is 129 cm³/mol. The Morgan fingerprint density at radius 3 is 2.50 bits per heavy atom. The first kappa shape index (κ1) is 23.7. The van der Waals surface area contributed by atoms with Crippen LogP contribution in [0.2, 0.25) is 0 Å². The lowest BCUT2D eigenvalue weighted by Crippen LogP contribution is -2.29. The molecule has 0 bridgehead atoms. The van der Waals surface area contributed by atoms with Crippen LogP contribution in [-0.4, -0.2) is 34.6 Å². The van der Waals surface area contributed by atoms with Gasteiger partial charge in [-0.05, 0) is 61.9 Å². The Hall–Kier alpha value is -3.00. The fourth-order valence-electron chi connectivity index (χ4n) is 2.96. The summed E-state index contributed by atoms with van der Waals surface area (Å²) < 4.78 is 12.6. The number of benzene rings is 2.